The summed E-state index contributed by atoms with van der Waals surface area (Å²) >= 11 is 0. The Bertz CT molecular complexity index is 1140. The zero-order chi connectivity index (χ0) is 19.0. The van der Waals surface area contributed by atoms with E-state index in [0.717, 1.165) is 28.1 Å². The number of pyridine rings is 1. The molecule has 134 valence electrons. The highest BCUT2D eigenvalue weighted by atomic mass is 16.5. The molecule has 0 radical (unpaired) electrons. The normalized spacial score (nSPS) is 10.9. The molecule has 0 amide bonds. The molecule has 0 N–H and O–H groups in total. The summed E-state index contributed by atoms with van der Waals surface area (Å²) in [6.45, 7) is 4.01. The van der Waals surface area contributed by atoms with Crippen LogP contribution in [0.5, 0.6) is 5.75 Å². The second-order valence-corrected chi connectivity index (χ2v) is 6.67. The molecule has 0 spiro atoms. The molecule has 0 saturated heterocycles. The summed E-state index contributed by atoms with van der Waals surface area (Å²) in [5.41, 5.74) is 5.65. The zero-order valence-electron chi connectivity index (χ0n) is 15.6. The third-order valence-electron chi connectivity index (χ3n) is 4.64. The molecule has 0 bridgehead atoms. The molecule has 0 fully saturated rings. The summed E-state index contributed by atoms with van der Waals surface area (Å²) in [5, 5.41) is 0. The van der Waals surface area contributed by atoms with Gasteiger partial charge in [0.05, 0.1) is 7.11 Å². The highest BCUT2D eigenvalue weighted by Gasteiger charge is 2.22. The van der Waals surface area contributed by atoms with Crippen molar-refractivity contribution in [2.24, 2.45) is 0 Å². The Balaban J connectivity index is 1.97. The third kappa shape index (κ3) is 3.10. The van der Waals surface area contributed by atoms with Crippen molar-refractivity contribution in [1.82, 2.24) is 9.38 Å². The van der Waals surface area contributed by atoms with Crippen molar-refractivity contribution in [2.45, 2.75) is 13.8 Å². The van der Waals surface area contributed by atoms with Crippen LogP contribution >= 0.6 is 0 Å². The number of imidazole rings is 1. The van der Waals surface area contributed by atoms with Crippen molar-refractivity contribution in [2.75, 3.05) is 7.11 Å². The number of ether oxygens (including phenoxy) is 1. The van der Waals surface area contributed by atoms with Crippen molar-refractivity contribution >= 4 is 11.4 Å². The molecule has 2 aromatic heterocycles. The number of fused-ring (bicyclic) bond motifs is 1. The van der Waals surface area contributed by atoms with Crippen LogP contribution in [0, 0.1) is 13.8 Å². The quantitative estimate of drug-likeness (QED) is 0.491. The Morgan fingerprint density at radius 3 is 2.44 bits per heavy atom. The van der Waals surface area contributed by atoms with Crippen LogP contribution in [0.2, 0.25) is 0 Å². The van der Waals surface area contributed by atoms with Gasteiger partial charge in [0.2, 0.25) is 5.78 Å². The summed E-state index contributed by atoms with van der Waals surface area (Å²) in [5.74, 6) is 0.681. The maximum atomic E-state index is 13.4. The lowest BCUT2D eigenvalue weighted by molar-refractivity contribution is 0.103. The van der Waals surface area contributed by atoms with Gasteiger partial charge in [0.15, 0.2) is 0 Å². The monoisotopic (exact) mass is 356 g/mol. The summed E-state index contributed by atoms with van der Waals surface area (Å²) in [6, 6.07) is 19.2. The standard InChI is InChI=1S/C23H20N2O2/c1-15-7-10-17(11-8-15)23(26)22-21(18-5-4-6-19(13-18)27-3)24-20-12-9-16(2)14-25(20)22/h4-14H,1-3H3. The smallest absolute Gasteiger partial charge is 0.212 e. The van der Waals surface area contributed by atoms with Crippen LogP contribution in [0.3, 0.4) is 0 Å². The number of methoxy groups -OCH3 is 1. The molecule has 0 aliphatic heterocycles. The number of ketones is 1. The lowest BCUT2D eigenvalue weighted by Crippen LogP contribution is -2.07. The van der Waals surface area contributed by atoms with Crippen LogP contribution < -0.4 is 4.74 Å². The van der Waals surface area contributed by atoms with Gasteiger partial charge in [-0.2, -0.15) is 0 Å². The van der Waals surface area contributed by atoms with Gasteiger partial charge in [-0.1, -0.05) is 48.0 Å². The van der Waals surface area contributed by atoms with Gasteiger partial charge in [0.25, 0.3) is 0 Å². The van der Waals surface area contributed by atoms with Gasteiger partial charge in [-0.3, -0.25) is 9.20 Å². The van der Waals surface area contributed by atoms with Crippen molar-refractivity contribution in [3.63, 3.8) is 0 Å². The molecule has 0 aliphatic carbocycles. The fraction of sp³-hybridized carbons (Fsp3) is 0.130. The van der Waals surface area contributed by atoms with E-state index >= 15 is 0 Å². The van der Waals surface area contributed by atoms with Gasteiger partial charge in [-0.15, -0.1) is 0 Å². The van der Waals surface area contributed by atoms with E-state index in [-0.39, 0.29) is 5.78 Å². The molecule has 0 aliphatic rings. The summed E-state index contributed by atoms with van der Waals surface area (Å²) < 4.78 is 7.23. The van der Waals surface area contributed by atoms with Crippen molar-refractivity contribution in [1.29, 1.82) is 0 Å². The molecule has 4 rings (SSSR count). The molecule has 4 aromatic rings. The van der Waals surface area contributed by atoms with Gasteiger partial charge >= 0.3 is 0 Å². The predicted octanol–water partition coefficient (Wildman–Crippen LogP) is 4.86. The van der Waals surface area contributed by atoms with E-state index in [9.17, 15) is 4.79 Å². The first kappa shape index (κ1) is 17.0. The Kier molecular flexibility index (Phi) is 4.24. The lowest BCUT2D eigenvalue weighted by Gasteiger charge is -2.07. The summed E-state index contributed by atoms with van der Waals surface area (Å²) in [7, 11) is 1.63. The fourth-order valence-corrected chi connectivity index (χ4v) is 3.18. The Morgan fingerprint density at radius 1 is 0.963 bits per heavy atom. The third-order valence-corrected chi connectivity index (χ3v) is 4.64. The van der Waals surface area contributed by atoms with E-state index in [0.29, 0.717) is 17.0 Å². The molecule has 2 aromatic carbocycles. The molecule has 0 unspecified atom stereocenters. The number of nitrogens with zero attached hydrogens (tertiary/aromatic N) is 2. The van der Waals surface area contributed by atoms with Gasteiger partial charge < -0.3 is 4.74 Å². The Hall–Kier alpha value is -3.40. The second-order valence-electron chi connectivity index (χ2n) is 6.67. The number of hydrogen-bond acceptors (Lipinski definition) is 3. The van der Waals surface area contributed by atoms with Crippen LogP contribution in [0.25, 0.3) is 16.9 Å². The summed E-state index contributed by atoms with van der Waals surface area (Å²) in [4.78, 5) is 18.2. The average Bonchev–Trinajstić information content (AvgIpc) is 3.06. The van der Waals surface area contributed by atoms with E-state index in [2.05, 4.69) is 0 Å². The predicted molar refractivity (Wildman–Crippen MR) is 107 cm³/mol. The number of carbonyl (C=O) groups is 1. The zero-order valence-corrected chi connectivity index (χ0v) is 15.6. The summed E-state index contributed by atoms with van der Waals surface area (Å²) in [6.07, 6.45) is 1.95. The minimum atomic E-state index is -0.0501. The first-order chi connectivity index (χ1) is 13.1. The van der Waals surface area contributed by atoms with Crippen LogP contribution in [0.1, 0.15) is 27.2 Å². The van der Waals surface area contributed by atoms with Crippen molar-refractivity contribution < 1.29 is 9.53 Å². The number of aromatic nitrogens is 2. The Morgan fingerprint density at radius 2 is 1.70 bits per heavy atom. The van der Waals surface area contributed by atoms with Gasteiger partial charge in [0, 0.05) is 17.3 Å². The number of benzene rings is 2. The Labute approximate surface area is 158 Å². The largest absolute Gasteiger partial charge is 0.497 e. The maximum absolute atomic E-state index is 13.4. The molecule has 0 atom stereocenters. The van der Waals surface area contributed by atoms with E-state index in [4.69, 9.17) is 9.72 Å². The average molecular weight is 356 g/mol. The van der Waals surface area contributed by atoms with Crippen LogP contribution in [0.4, 0.5) is 0 Å². The fourth-order valence-electron chi connectivity index (χ4n) is 3.18. The van der Waals surface area contributed by atoms with Crippen molar-refractivity contribution in [3.05, 3.63) is 89.2 Å². The molecule has 2 heterocycles. The molecular weight excluding hydrogens is 336 g/mol. The van der Waals surface area contributed by atoms with E-state index in [1.165, 1.54) is 0 Å². The number of aryl methyl sites for hydroxylation is 2. The lowest BCUT2D eigenvalue weighted by atomic mass is 10.0. The van der Waals surface area contributed by atoms with E-state index in [1.54, 1.807) is 7.11 Å². The van der Waals surface area contributed by atoms with Gasteiger partial charge in [0.1, 0.15) is 22.8 Å². The molecule has 4 heteroatoms. The van der Waals surface area contributed by atoms with E-state index < -0.39 is 0 Å². The highest BCUT2D eigenvalue weighted by Crippen LogP contribution is 2.29. The first-order valence-electron chi connectivity index (χ1n) is 8.81. The molecular formula is C23H20N2O2. The van der Waals surface area contributed by atoms with Gasteiger partial charge in [-0.05, 0) is 37.6 Å². The van der Waals surface area contributed by atoms with Crippen LogP contribution in [0.15, 0.2) is 66.9 Å². The first-order valence-corrected chi connectivity index (χ1v) is 8.81. The van der Waals surface area contributed by atoms with Crippen LogP contribution in [-0.4, -0.2) is 22.3 Å². The highest BCUT2D eigenvalue weighted by molar-refractivity contribution is 6.12. The number of rotatable bonds is 4. The van der Waals surface area contributed by atoms with Crippen LogP contribution in [-0.2, 0) is 0 Å². The van der Waals surface area contributed by atoms with E-state index in [1.807, 2.05) is 85.1 Å². The minimum Gasteiger partial charge on any atom is -0.497 e. The van der Waals surface area contributed by atoms with Crippen molar-refractivity contribution in [3.8, 4) is 17.0 Å². The second kappa shape index (κ2) is 6.72. The SMILES string of the molecule is COc1cccc(-c2nc3ccc(C)cn3c2C(=O)c2ccc(C)cc2)c1. The molecule has 0 saturated carbocycles. The number of carbonyl (C=O) groups excluding carboxylic acids is 1. The van der Waals surface area contributed by atoms with Gasteiger partial charge in [-0.25, -0.2) is 4.98 Å². The topological polar surface area (TPSA) is 43.6 Å². The minimum absolute atomic E-state index is 0.0501. The molecule has 4 nitrogen and oxygen atoms in total. The maximum Gasteiger partial charge on any atom is 0.212 e. The number of hydrogen-bond donors (Lipinski definition) is 0. The molecule has 27 heavy (non-hydrogen) atoms.